The van der Waals surface area contributed by atoms with Crippen LogP contribution in [0.3, 0.4) is 0 Å². The number of aromatic nitrogens is 1. The molecule has 1 aromatic heterocycles. The van der Waals surface area contributed by atoms with Gasteiger partial charge >= 0.3 is 0 Å². The predicted octanol–water partition coefficient (Wildman–Crippen LogP) is 1.45. The molecule has 1 aliphatic heterocycles. The number of benzene rings is 1. The van der Waals surface area contributed by atoms with E-state index in [9.17, 15) is 9.59 Å². The van der Waals surface area contributed by atoms with Gasteiger partial charge in [-0.05, 0) is 24.5 Å². The first-order valence-electron chi connectivity index (χ1n) is 7.24. The molecule has 0 radical (unpaired) electrons. The SMILES string of the molecule is CN(CCc1c[nH]c2ccccc12)C(=O)C1CCC(=O)N1. The van der Waals surface area contributed by atoms with E-state index in [1.807, 2.05) is 24.4 Å². The van der Waals surface area contributed by atoms with Gasteiger partial charge in [0.15, 0.2) is 0 Å². The Morgan fingerprint density at radius 1 is 1.38 bits per heavy atom. The Labute approximate surface area is 123 Å². The summed E-state index contributed by atoms with van der Waals surface area (Å²) in [7, 11) is 1.79. The van der Waals surface area contributed by atoms with Crippen molar-refractivity contribution in [3.05, 3.63) is 36.0 Å². The van der Waals surface area contributed by atoms with Gasteiger partial charge < -0.3 is 15.2 Å². The zero-order chi connectivity index (χ0) is 14.8. The average Bonchev–Trinajstić information content (AvgIpc) is 3.10. The molecule has 2 N–H and O–H groups in total. The summed E-state index contributed by atoms with van der Waals surface area (Å²) >= 11 is 0. The zero-order valence-electron chi connectivity index (χ0n) is 12.1. The first-order chi connectivity index (χ1) is 10.1. The van der Waals surface area contributed by atoms with E-state index in [4.69, 9.17) is 0 Å². The molecular formula is C16H19N3O2. The molecule has 0 spiro atoms. The zero-order valence-corrected chi connectivity index (χ0v) is 12.1. The van der Waals surface area contributed by atoms with Crippen molar-refractivity contribution < 1.29 is 9.59 Å². The number of carbonyl (C=O) groups excluding carboxylic acids is 2. The van der Waals surface area contributed by atoms with Gasteiger partial charge in [0.1, 0.15) is 6.04 Å². The fourth-order valence-electron chi connectivity index (χ4n) is 2.80. The van der Waals surface area contributed by atoms with E-state index in [1.165, 1.54) is 10.9 Å². The number of carbonyl (C=O) groups is 2. The third-order valence-electron chi connectivity index (χ3n) is 4.06. The van der Waals surface area contributed by atoms with Gasteiger partial charge in [-0.2, -0.15) is 0 Å². The van der Waals surface area contributed by atoms with Crippen LogP contribution in [0.25, 0.3) is 10.9 Å². The van der Waals surface area contributed by atoms with E-state index >= 15 is 0 Å². The van der Waals surface area contributed by atoms with Crippen molar-refractivity contribution in [2.45, 2.75) is 25.3 Å². The molecule has 0 bridgehead atoms. The van der Waals surface area contributed by atoms with Crippen LogP contribution in [0.1, 0.15) is 18.4 Å². The Kier molecular flexibility index (Phi) is 3.64. The van der Waals surface area contributed by atoms with Crippen molar-refractivity contribution in [1.29, 1.82) is 0 Å². The molecule has 3 rings (SSSR count). The third-order valence-corrected chi connectivity index (χ3v) is 4.06. The number of rotatable bonds is 4. The van der Waals surface area contributed by atoms with Crippen molar-refractivity contribution >= 4 is 22.7 Å². The summed E-state index contributed by atoms with van der Waals surface area (Å²) in [5.41, 5.74) is 2.32. The number of aromatic amines is 1. The second kappa shape index (κ2) is 5.60. The quantitative estimate of drug-likeness (QED) is 0.893. The molecule has 5 heteroatoms. The minimum atomic E-state index is -0.342. The molecule has 21 heavy (non-hydrogen) atoms. The standard InChI is InChI=1S/C16H19N3O2/c1-19(16(21)14-6-7-15(20)18-14)9-8-11-10-17-13-5-3-2-4-12(11)13/h2-5,10,14,17H,6-9H2,1H3,(H,18,20). The maximum atomic E-state index is 12.2. The predicted molar refractivity (Wildman–Crippen MR) is 80.8 cm³/mol. The molecule has 1 fully saturated rings. The molecule has 2 aromatic rings. The van der Waals surface area contributed by atoms with Gasteiger partial charge in [0.2, 0.25) is 11.8 Å². The molecule has 5 nitrogen and oxygen atoms in total. The van der Waals surface area contributed by atoms with Crippen LogP contribution in [0.5, 0.6) is 0 Å². The van der Waals surface area contributed by atoms with E-state index in [0.29, 0.717) is 19.4 Å². The lowest BCUT2D eigenvalue weighted by atomic mass is 10.1. The Balaban J connectivity index is 1.62. The summed E-state index contributed by atoms with van der Waals surface area (Å²) < 4.78 is 0. The summed E-state index contributed by atoms with van der Waals surface area (Å²) in [6, 6.07) is 7.80. The number of hydrogen-bond donors (Lipinski definition) is 2. The molecule has 110 valence electrons. The lowest BCUT2D eigenvalue weighted by Crippen LogP contribution is -2.43. The highest BCUT2D eigenvalue weighted by Crippen LogP contribution is 2.18. The van der Waals surface area contributed by atoms with Crippen molar-refractivity contribution in [1.82, 2.24) is 15.2 Å². The van der Waals surface area contributed by atoms with E-state index in [2.05, 4.69) is 16.4 Å². The lowest BCUT2D eigenvalue weighted by Gasteiger charge is -2.20. The number of nitrogens with zero attached hydrogens (tertiary/aromatic N) is 1. The van der Waals surface area contributed by atoms with Crippen LogP contribution < -0.4 is 5.32 Å². The Bertz CT molecular complexity index is 677. The fraction of sp³-hybridized carbons (Fsp3) is 0.375. The number of likely N-dealkylation sites (N-methyl/N-ethyl adjacent to an activating group) is 1. The third kappa shape index (κ3) is 2.77. The average molecular weight is 285 g/mol. The minimum absolute atomic E-state index is 0.000640. The number of nitrogens with one attached hydrogen (secondary N) is 2. The normalized spacial score (nSPS) is 18.0. The van der Waals surface area contributed by atoms with Crippen LogP contribution in [0.4, 0.5) is 0 Å². The molecule has 0 aliphatic carbocycles. The number of fused-ring (bicyclic) bond motifs is 1. The first-order valence-corrected chi connectivity index (χ1v) is 7.24. The summed E-state index contributed by atoms with van der Waals surface area (Å²) in [4.78, 5) is 28.4. The highest BCUT2D eigenvalue weighted by atomic mass is 16.2. The first kappa shape index (κ1) is 13.7. The van der Waals surface area contributed by atoms with Crippen molar-refractivity contribution in [3.8, 4) is 0 Å². The Morgan fingerprint density at radius 2 is 2.19 bits per heavy atom. The maximum Gasteiger partial charge on any atom is 0.244 e. The molecule has 0 saturated carbocycles. The van der Waals surface area contributed by atoms with E-state index in [1.54, 1.807) is 11.9 Å². The number of para-hydroxylation sites is 1. The van der Waals surface area contributed by atoms with Gasteiger partial charge in [-0.25, -0.2) is 0 Å². The van der Waals surface area contributed by atoms with Gasteiger partial charge in [0.25, 0.3) is 0 Å². The van der Waals surface area contributed by atoms with Crippen LogP contribution in [0.2, 0.25) is 0 Å². The van der Waals surface area contributed by atoms with Gasteiger partial charge in [0.05, 0.1) is 0 Å². The summed E-state index contributed by atoms with van der Waals surface area (Å²) in [6.07, 6.45) is 3.86. The second-order valence-corrected chi connectivity index (χ2v) is 5.53. The Hall–Kier alpha value is -2.30. The smallest absolute Gasteiger partial charge is 0.244 e. The van der Waals surface area contributed by atoms with Crippen LogP contribution in [-0.2, 0) is 16.0 Å². The topological polar surface area (TPSA) is 65.2 Å². The van der Waals surface area contributed by atoms with Gasteiger partial charge in [-0.3, -0.25) is 9.59 Å². The summed E-state index contributed by atoms with van der Waals surface area (Å²) in [6.45, 7) is 0.646. The molecular weight excluding hydrogens is 266 g/mol. The highest BCUT2D eigenvalue weighted by molar-refractivity contribution is 5.90. The molecule has 1 atom stereocenters. The molecule has 1 saturated heterocycles. The van der Waals surface area contributed by atoms with Crippen molar-refractivity contribution in [2.24, 2.45) is 0 Å². The largest absolute Gasteiger partial charge is 0.361 e. The van der Waals surface area contributed by atoms with Gasteiger partial charge in [-0.15, -0.1) is 0 Å². The molecule has 2 amide bonds. The van der Waals surface area contributed by atoms with Crippen LogP contribution in [-0.4, -0.2) is 41.3 Å². The molecule has 1 aliphatic rings. The number of hydrogen-bond acceptors (Lipinski definition) is 2. The fourth-order valence-corrected chi connectivity index (χ4v) is 2.80. The Morgan fingerprint density at radius 3 is 2.95 bits per heavy atom. The molecule has 1 aromatic carbocycles. The summed E-state index contributed by atoms with van der Waals surface area (Å²) in [5, 5.41) is 3.92. The van der Waals surface area contributed by atoms with Gasteiger partial charge in [0, 0.05) is 37.1 Å². The highest BCUT2D eigenvalue weighted by Gasteiger charge is 2.29. The molecule has 2 heterocycles. The van der Waals surface area contributed by atoms with Crippen LogP contribution >= 0.6 is 0 Å². The lowest BCUT2D eigenvalue weighted by molar-refractivity contribution is -0.133. The van der Waals surface area contributed by atoms with E-state index in [0.717, 1.165) is 11.9 Å². The second-order valence-electron chi connectivity index (χ2n) is 5.53. The van der Waals surface area contributed by atoms with E-state index < -0.39 is 0 Å². The minimum Gasteiger partial charge on any atom is -0.361 e. The van der Waals surface area contributed by atoms with Crippen LogP contribution in [0, 0.1) is 0 Å². The maximum absolute atomic E-state index is 12.2. The monoisotopic (exact) mass is 285 g/mol. The number of amides is 2. The van der Waals surface area contributed by atoms with E-state index in [-0.39, 0.29) is 17.9 Å². The molecule has 1 unspecified atom stereocenters. The summed E-state index contributed by atoms with van der Waals surface area (Å²) in [5.74, 6) is -0.0286. The number of H-pyrrole nitrogens is 1. The van der Waals surface area contributed by atoms with Crippen LogP contribution in [0.15, 0.2) is 30.5 Å². The van der Waals surface area contributed by atoms with Crippen molar-refractivity contribution in [2.75, 3.05) is 13.6 Å². The van der Waals surface area contributed by atoms with Crippen molar-refractivity contribution in [3.63, 3.8) is 0 Å². The van der Waals surface area contributed by atoms with Gasteiger partial charge in [-0.1, -0.05) is 18.2 Å².